The molecule has 1 aliphatic rings. The van der Waals surface area contributed by atoms with Gasteiger partial charge < -0.3 is 15.6 Å². The first-order valence-corrected chi connectivity index (χ1v) is 10.3. The zero-order chi connectivity index (χ0) is 19.5. The minimum absolute atomic E-state index is 0.00146. The minimum Gasteiger partial charge on any atom is -0.364 e. The number of carbonyl (C=O) groups is 2. The Morgan fingerprint density at radius 3 is 2.42 bits per heavy atom. The summed E-state index contributed by atoms with van der Waals surface area (Å²) in [5.41, 5.74) is 5.39. The quantitative estimate of drug-likeness (QED) is 0.719. The highest BCUT2D eigenvalue weighted by Crippen LogP contribution is 2.25. The number of aromatic nitrogens is 1. The topological polar surface area (TPSA) is 114 Å². The summed E-state index contributed by atoms with van der Waals surface area (Å²) in [7, 11) is -2.13. The fourth-order valence-corrected chi connectivity index (χ4v) is 4.60. The lowest BCUT2D eigenvalue weighted by atomic mass is 9.97. The van der Waals surface area contributed by atoms with E-state index in [1.807, 2.05) is 0 Å². The van der Waals surface area contributed by atoms with E-state index in [0.29, 0.717) is 25.3 Å². The Balaban J connectivity index is 1.97. The van der Waals surface area contributed by atoms with Crippen LogP contribution < -0.4 is 11.1 Å². The number of primary amides is 1. The number of nitrogens with zero attached hydrogens (tertiary/aromatic N) is 2. The number of amides is 2. The third kappa shape index (κ3) is 4.64. The molecule has 0 unspecified atom stereocenters. The Labute approximate surface area is 154 Å². The second-order valence-corrected chi connectivity index (χ2v) is 9.13. The number of piperidine rings is 1. The van der Waals surface area contributed by atoms with Crippen molar-refractivity contribution in [2.24, 2.45) is 24.6 Å². The van der Waals surface area contributed by atoms with Crippen LogP contribution in [0.25, 0.3) is 0 Å². The Bertz CT molecular complexity index is 762. The van der Waals surface area contributed by atoms with Gasteiger partial charge in [0, 0.05) is 38.8 Å². The summed E-state index contributed by atoms with van der Waals surface area (Å²) in [5.74, 6) is -0.312. The fraction of sp³-hybridized carbons (Fsp3) is 0.647. The number of rotatable bonds is 7. The maximum atomic E-state index is 12.8. The van der Waals surface area contributed by atoms with Gasteiger partial charge in [-0.15, -0.1) is 0 Å². The van der Waals surface area contributed by atoms with Crippen LogP contribution in [0.3, 0.4) is 0 Å². The molecule has 0 bridgehead atoms. The first-order valence-electron chi connectivity index (χ1n) is 8.87. The van der Waals surface area contributed by atoms with E-state index in [9.17, 15) is 18.0 Å². The smallest absolute Gasteiger partial charge is 0.265 e. The van der Waals surface area contributed by atoms with E-state index in [1.165, 1.54) is 21.1 Å². The van der Waals surface area contributed by atoms with Crippen LogP contribution in [0.5, 0.6) is 0 Å². The Morgan fingerprint density at radius 2 is 1.92 bits per heavy atom. The average Bonchev–Trinajstić information content (AvgIpc) is 2.97. The summed E-state index contributed by atoms with van der Waals surface area (Å²) in [5, 5.41) is 2.93. The van der Waals surface area contributed by atoms with Gasteiger partial charge in [-0.25, -0.2) is 8.42 Å². The summed E-state index contributed by atoms with van der Waals surface area (Å²) >= 11 is 0. The predicted molar refractivity (Wildman–Crippen MR) is 97.9 cm³/mol. The van der Waals surface area contributed by atoms with E-state index in [-0.39, 0.29) is 35.5 Å². The third-order valence-corrected chi connectivity index (χ3v) is 6.58. The lowest BCUT2D eigenvalue weighted by Gasteiger charge is -2.30. The van der Waals surface area contributed by atoms with Gasteiger partial charge in [-0.3, -0.25) is 9.59 Å². The highest BCUT2D eigenvalue weighted by Gasteiger charge is 2.33. The predicted octanol–water partition coefficient (Wildman–Crippen LogP) is 0.687. The molecule has 0 aliphatic carbocycles. The van der Waals surface area contributed by atoms with Crippen molar-refractivity contribution >= 4 is 21.8 Å². The maximum absolute atomic E-state index is 12.8. The molecule has 2 amide bonds. The monoisotopic (exact) mass is 384 g/mol. The summed E-state index contributed by atoms with van der Waals surface area (Å²) in [4.78, 5) is 23.6. The van der Waals surface area contributed by atoms with Gasteiger partial charge in [-0.2, -0.15) is 4.31 Å². The van der Waals surface area contributed by atoms with E-state index >= 15 is 0 Å². The summed E-state index contributed by atoms with van der Waals surface area (Å²) in [6, 6.07) is 1.29. The van der Waals surface area contributed by atoms with Crippen LogP contribution in [-0.4, -0.2) is 48.7 Å². The van der Waals surface area contributed by atoms with Gasteiger partial charge in [0.15, 0.2) is 0 Å². The number of nitrogens with two attached hydrogens (primary N) is 1. The molecule has 146 valence electrons. The molecule has 0 aromatic carbocycles. The van der Waals surface area contributed by atoms with E-state index in [4.69, 9.17) is 5.73 Å². The van der Waals surface area contributed by atoms with Gasteiger partial charge in [0.2, 0.25) is 15.9 Å². The van der Waals surface area contributed by atoms with Crippen molar-refractivity contribution in [3.05, 3.63) is 18.0 Å². The summed E-state index contributed by atoms with van der Waals surface area (Å²) in [6.45, 7) is 5.41. The zero-order valence-electron chi connectivity index (χ0n) is 15.6. The Morgan fingerprint density at radius 1 is 1.31 bits per heavy atom. The fourth-order valence-electron chi connectivity index (χ4n) is 3.06. The molecule has 0 saturated carbocycles. The normalized spacial score (nSPS) is 16.8. The van der Waals surface area contributed by atoms with Crippen LogP contribution in [0, 0.1) is 11.8 Å². The van der Waals surface area contributed by atoms with Crippen molar-refractivity contribution in [1.82, 2.24) is 14.2 Å². The minimum atomic E-state index is -3.70. The highest BCUT2D eigenvalue weighted by atomic mass is 32.2. The van der Waals surface area contributed by atoms with Crippen LogP contribution >= 0.6 is 0 Å². The van der Waals surface area contributed by atoms with Crippen molar-refractivity contribution in [3.63, 3.8) is 0 Å². The SMILES string of the molecule is CC(C)CCNC(=O)C1CCN(S(=O)(=O)c2cc(C(N)=O)n(C)c2)CC1. The van der Waals surface area contributed by atoms with Gasteiger partial charge in [-0.1, -0.05) is 13.8 Å². The number of aryl methyl sites for hydroxylation is 1. The van der Waals surface area contributed by atoms with Crippen molar-refractivity contribution < 1.29 is 18.0 Å². The highest BCUT2D eigenvalue weighted by molar-refractivity contribution is 7.89. The van der Waals surface area contributed by atoms with Gasteiger partial charge in [0.25, 0.3) is 5.91 Å². The molecule has 1 aliphatic heterocycles. The van der Waals surface area contributed by atoms with Gasteiger partial charge >= 0.3 is 0 Å². The molecule has 0 radical (unpaired) electrons. The van der Waals surface area contributed by atoms with Crippen molar-refractivity contribution in [2.75, 3.05) is 19.6 Å². The lowest BCUT2D eigenvalue weighted by molar-refractivity contribution is -0.126. The molecule has 3 N–H and O–H groups in total. The van der Waals surface area contributed by atoms with Crippen LogP contribution in [-0.2, 0) is 21.9 Å². The van der Waals surface area contributed by atoms with E-state index in [2.05, 4.69) is 19.2 Å². The third-order valence-electron chi connectivity index (χ3n) is 4.72. The van der Waals surface area contributed by atoms with Gasteiger partial charge in [0.05, 0.1) is 0 Å². The molecule has 1 aromatic heterocycles. The number of nitrogens with one attached hydrogen (secondary N) is 1. The Hall–Kier alpha value is -1.87. The molecule has 0 spiro atoms. The van der Waals surface area contributed by atoms with Crippen molar-refractivity contribution in [3.8, 4) is 0 Å². The lowest BCUT2D eigenvalue weighted by Crippen LogP contribution is -2.43. The first kappa shape index (κ1) is 20.4. The number of sulfonamides is 1. The van der Waals surface area contributed by atoms with E-state index in [0.717, 1.165) is 6.42 Å². The van der Waals surface area contributed by atoms with Crippen LogP contribution in [0.1, 0.15) is 43.6 Å². The first-order chi connectivity index (χ1) is 12.1. The molecule has 2 heterocycles. The Kier molecular flexibility index (Phi) is 6.46. The van der Waals surface area contributed by atoms with Crippen LogP contribution in [0.2, 0.25) is 0 Å². The molecule has 8 nitrogen and oxygen atoms in total. The summed E-state index contributed by atoms with van der Waals surface area (Å²) in [6.07, 6.45) is 3.29. The van der Waals surface area contributed by atoms with Crippen LogP contribution in [0.4, 0.5) is 0 Å². The molecule has 2 rings (SSSR count). The number of carbonyl (C=O) groups excluding carboxylic acids is 2. The van der Waals surface area contributed by atoms with Crippen molar-refractivity contribution in [2.45, 2.75) is 38.0 Å². The number of hydrogen-bond donors (Lipinski definition) is 2. The molecule has 1 fully saturated rings. The molecular weight excluding hydrogens is 356 g/mol. The molecule has 26 heavy (non-hydrogen) atoms. The molecular formula is C17H28N4O4S. The maximum Gasteiger partial charge on any atom is 0.265 e. The molecule has 0 atom stereocenters. The van der Waals surface area contributed by atoms with Crippen LogP contribution in [0.15, 0.2) is 17.2 Å². The average molecular weight is 385 g/mol. The largest absolute Gasteiger partial charge is 0.364 e. The standard InChI is InChI=1S/C17H28N4O4S/c1-12(2)4-7-19-17(23)13-5-8-21(9-6-13)26(24,25)14-10-15(16(18)22)20(3)11-14/h10-13H,4-9H2,1-3H3,(H2,18,22)(H,19,23). The van der Waals surface area contributed by atoms with E-state index < -0.39 is 15.9 Å². The van der Waals surface area contributed by atoms with Crippen molar-refractivity contribution in [1.29, 1.82) is 0 Å². The van der Waals surface area contributed by atoms with Gasteiger partial charge in [0.1, 0.15) is 10.6 Å². The number of hydrogen-bond acceptors (Lipinski definition) is 4. The van der Waals surface area contributed by atoms with E-state index in [1.54, 1.807) is 7.05 Å². The zero-order valence-corrected chi connectivity index (χ0v) is 16.4. The summed E-state index contributed by atoms with van der Waals surface area (Å²) < 4.78 is 28.3. The van der Waals surface area contributed by atoms with Gasteiger partial charge in [-0.05, 0) is 31.2 Å². The molecule has 1 aromatic rings. The molecule has 1 saturated heterocycles. The molecule has 9 heteroatoms. The second-order valence-electron chi connectivity index (χ2n) is 7.19. The second kappa shape index (κ2) is 8.22.